The quantitative estimate of drug-likeness (QED) is 0.637. The van der Waals surface area contributed by atoms with Crippen molar-refractivity contribution in [2.24, 2.45) is 0 Å². The molecule has 0 spiro atoms. The highest BCUT2D eigenvalue weighted by atomic mass is 35.5. The monoisotopic (exact) mass is 283 g/mol. The maximum atomic E-state index is 5.86. The van der Waals surface area contributed by atoms with Crippen LogP contribution in [0.1, 0.15) is 17.9 Å². The number of aromatic nitrogens is 1. The van der Waals surface area contributed by atoms with Crippen molar-refractivity contribution in [3.8, 4) is 0 Å². The summed E-state index contributed by atoms with van der Waals surface area (Å²) in [5, 5.41) is 0. The van der Waals surface area contributed by atoms with Crippen LogP contribution in [-0.2, 0) is 0 Å². The van der Waals surface area contributed by atoms with E-state index < -0.39 is 0 Å². The van der Waals surface area contributed by atoms with Crippen LogP contribution in [0.3, 0.4) is 0 Å². The van der Waals surface area contributed by atoms with Crippen molar-refractivity contribution in [3.63, 3.8) is 0 Å². The standard InChI is InChI=1S/C17H14ClNO/c18-12-6-9-14(13-7-2-1-3-8-13)17-19-15-10-4-5-11-16(15)20-17/h1-5,7-11H,6,12H2/b14-9+. The van der Waals surface area contributed by atoms with Gasteiger partial charge in [-0.3, -0.25) is 0 Å². The highest BCUT2D eigenvalue weighted by Gasteiger charge is 2.12. The van der Waals surface area contributed by atoms with Crippen LogP contribution < -0.4 is 0 Å². The molecule has 3 aromatic rings. The zero-order valence-electron chi connectivity index (χ0n) is 10.9. The number of rotatable bonds is 4. The van der Waals surface area contributed by atoms with Crippen molar-refractivity contribution in [3.05, 3.63) is 72.1 Å². The first-order chi connectivity index (χ1) is 9.88. The van der Waals surface area contributed by atoms with E-state index in [-0.39, 0.29) is 0 Å². The molecule has 0 N–H and O–H groups in total. The lowest BCUT2D eigenvalue weighted by Gasteiger charge is -2.03. The lowest BCUT2D eigenvalue weighted by atomic mass is 10.1. The molecule has 0 aliphatic rings. The summed E-state index contributed by atoms with van der Waals surface area (Å²) in [4.78, 5) is 4.56. The van der Waals surface area contributed by atoms with E-state index in [1.807, 2.05) is 42.5 Å². The Balaban J connectivity index is 2.09. The van der Waals surface area contributed by atoms with Gasteiger partial charge in [-0.2, -0.15) is 0 Å². The van der Waals surface area contributed by atoms with Crippen molar-refractivity contribution >= 4 is 28.3 Å². The first kappa shape index (κ1) is 12.9. The fourth-order valence-electron chi connectivity index (χ4n) is 2.13. The van der Waals surface area contributed by atoms with Crippen LogP contribution >= 0.6 is 11.6 Å². The molecule has 0 unspecified atom stereocenters. The molecule has 0 aliphatic carbocycles. The first-order valence-corrected chi connectivity index (χ1v) is 7.09. The van der Waals surface area contributed by atoms with Gasteiger partial charge < -0.3 is 4.42 Å². The molecule has 100 valence electrons. The fraction of sp³-hybridized carbons (Fsp3) is 0.118. The summed E-state index contributed by atoms with van der Waals surface area (Å²) in [6.07, 6.45) is 2.86. The molecule has 0 aliphatic heterocycles. The molecule has 3 rings (SSSR count). The molecule has 2 nitrogen and oxygen atoms in total. The van der Waals surface area contributed by atoms with Gasteiger partial charge in [-0.25, -0.2) is 4.98 Å². The maximum absolute atomic E-state index is 5.86. The average Bonchev–Trinajstić information content (AvgIpc) is 2.92. The first-order valence-electron chi connectivity index (χ1n) is 6.56. The number of benzene rings is 2. The lowest BCUT2D eigenvalue weighted by molar-refractivity contribution is 0.585. The number of hydrogen-bond acceptors (Lipinski definition) is 2. The molecule has 3 heteroatoms. The van der Waals surface area contributed by atoms with Gasteiger partial charge in [0.25, 0.3) is 0 Å². The zero-order valence-corrected chi connectivity index (χ0v) is 11.7. The summed E-state index contributed by atoms with van der Waals surface area (Å²) < 4.78 is 5.86. The largest absolute Gasteiger partial charge is 0.436 e. The average molecular weight is 284 g/mol. The van der Waals surface area contributed by atoms with E-state index in [0.717, 1.165) is 28.7 Å². The molecule has 20 heavy (non-hydrogen) atoms. The predicted octanol–water partition coefficient (Wildman–Crippen LogP) is 4.89. The second kappa shape index (κ2) is 5.93. The van der Waals surface area contributed by atoms with E-state index in [1.165, 1.54) is 0 Å². The molecule has 2 aromatic carbocycles. The Labute approximate surface area is 122 Å². The summed E-state index contributed by atoms with van der Waals surface area (Å²) >= 11 is 5.80. The maximum Gasteiger partial charge on any atom is 0.227 e. The van der Waals surface area contributed by atoms with Gasteiger partial charge in [0.15, 0.2) is 5.58 Å². The number of halogens is 1. The number of hydrogen-bond donors (Lipinski definition) is 0. The lowest BCUT2D eigenvalue weighted by Crippen LogP contribution is -1.88. The predicted molar refractivity (Wildman–Crippen MR) is 82.9 cm³/mol. The number of fused-ring (bicyclic) bond motifs is 1. The van der Waals surface area contributed by atoms with Crippen LogP contribution in [0, 0.1) is 0 Å². The van der Waals surface area contributed by atoms with Gasteiger partial charge in [0.2, 0.25) is 5.89 Å². The third-order valence-electron chi connectivity index (χ3n) is 3.07. The van der Waals surface area contributed by atoms with Crippen molar-refractivity contribution < 1.29 is 4.42 Å². The zero-order chi connectivity index (χ0) is 13.8. The van der Waals surface area contributed by atoms with E-state index in [1.54, 1.807) is 0 Å². The normalized spacial score (nSPS) is 11.9. The molecular formula is C17H14ClNO. The topological polar surface area (TPSA) is 26.0 Å². The summed E-state index contributed by atoms with van der Waals surface area (Å²) in [7, 11) is 0. The number of oxazole rings is 1. The molecule has 0 atom stereocenters. The molecule has 0 radical (unpaired) electrons. The minimum absolute atomic E-state index is 0.580. The second-order valence-electron chi connectivity index (χ2n) is 4.45. The minimum Gasteiger partial charge on any atom is -0.436 e. The third kappa shape index (κ3) is 2.61. The van der Waals surface area contributed by atoms with Gasteiger partial charge in [-0.05, 0) is 24.1 Å². The Hall–Kier alpha value is -2.06. The second-order valence-corrected chi connectivity index (χ2v) is 4.83. The third-order valence-corrected chi connectivity index (χ3v) is 3.28. The SMILES string of the molecule is ClCC/C=C(\c1ccccc1)c1nc2ccccc2o1. The van der Waals surface area contributed by atoms with Gasteiger partial charge in [-0.1, -0.05) is 48.5 Å². The van der Waals surface area contributed by atoms with Gasteiger partial charge in [0, 0.05) is 11.5 Å². The summed E-state index contributed by atoms with van der Waals surface area (Å²) in [5.41, 5.74) is 3.75. The summed E-state index contributed by atoms with van der Waals surface area (Å²) in [5.74, 6) is 1.22. The van der Waals surface area contributed by atoms with Crippen LogP contribution in [0.15, 0.2) is 65.1 Å². The number of alkyl halides is 1. The van der Waals surface area contributed by atoms with E-state index in [0.29, 0.717) is 11.8 Å². The molecule has 1 heterocycles. The van der Waals surface area contributed by atoms with Crippen LogP contribution in [0.2, 0.25) is 0 Å². The van der Waals surface area contributed by atoms with E-state index in [2.05, 4.69) is 23.2 Å². The van der Waals surface area contributed by atoms with E-state index >= 15 is 0 Å². The summed E-state index contributed by atoms with van der Waals surface area (Å²) in [6.45, 7) is 0. The van der Waals surface area contributed by atoms with Crippen LogP contribution in [0.4, 0.5) is 0 Å². The highest BCUT2D eigenvalue weighted by molar-refractivity contribution is 6.18. The van der Waals surface area contributed by atoms with Crippen LogP contribution in [0.25, 0.3) is 16.7 Å². The summed E-state index contributed by atoms with van der Waals surface area (Å²) in [6, 6.07) is 17.9. The number of para-hydroxylation sites is 2. The van der Waals surface area contributed by atoms with Gasteiger partial charge in [0.1, 0.15) is 5.52 Å². The van der Waals surface area contributed by atoms with E-state index in [4.69, 9.17) is 16.0 Å². The molecule has 0 saturated heterocycles. The molecule has 1 aromatic heterocycles. The Morgan fingerprint density at radius 2 is 1.80 bits per heavy atom. The van der Waals surface area contributed by atoms with Crippen LogP contribution in [-0.4, -0.2) is 10.9 Å². The van der Waals surface area contributed by atoms with E-state index in [9.17, 15) is 0 Å². The van der Waals surface area contributed by atoms with Crippen molar-refractivity contribution in [2.75, 3.05) is 5.88 Å². The van der Waals surface area contributed by atoms with Crippen molar-refractivity contribution in [1.82, 2.24) is 4.98 Å². The van der Waals surface area contributed by atoms with Crippen molar-refractivity contribution in [2.45, 2.75) is 6.42 Å². The Morgan fingerprint density at radius 1 is 1.05 bits per heavy atom. The molecular weight excluding hydrogens is 270 g/mol. The molecule has 0 amide bonds. The molecule has 0 bridgehead atoms. The Bertz CT molecular complexity index is 698. The highest BCUT2D eigenvalue weighted by Crippen LogP contribution is 2.26. The Morgan fingerprint density at radius 3 is 2.55 bits per heavy atom. The van der Waals surface area contributed by atoms with Gasteiger partial charge in [-0.15, -0.1) is 11.6 Å². The molecule has 0 fully saturated rings. The smallest absolute Gasteiger partial charge is 0.227 e. The fourth-order valence-corrected chi connectivity index (χ4v) is 2.24. The molecule has 0 saturated carbocycles. The minimum atomic E-state index is 0.580. The van der Waals surface area contributed by atoms with Crippen molar-refractivity contribution in [1.29, 1.82) is 0 Å². The van der Waals surface area contributed by atoms with Gasteiger partial charge >= 0.3 is 0 Å². The van der Waals surface area contributed by atoms with Gasteiger partial charge in [0.05, 0.1) is 0 Å². The Kier molecular flexibility index (Phi) is 3.84. The van der Waals surface area contributed by atoms with Crippen LogP contribution in [0.5, 0.6) is 0 Å². The number of allylic oxidation sites excluding steroid dienone is 1. The number of nitrogens with zero attached hydrogens (tertiary/aromatic N) is 1.